The van der Waals surface area contributed by atoms with E-state index in [4.69, 9.17) is 9.47 Å². The molecule has 0 unspecified atom stereocenters. The van der Waals surface area contributed by atoms with E-state index in [2.05, 4.69) is 5.32 Å². The van der Waals surface area contributed by atoms with Crippen LogP contribution in [0.5, 0.6) is 11.5 Å². The van der Waals surface area contributed by atoms with Gasteiger partial charge in [0.25, 0.3) is 5.91 Å². The van der Waals surface area contributed by atoms with Crippen molar-refractivity contribution in [1.82, 2.24) is 0 Å². The van der Waals surface area contributed by atoms with Gasteiger partial charge in [0.2, 0.25) is 6.79 Å². The summed E-state index contributed by atoms with van der Waals surface area (Å²) in [5.41, 5.74) is 2.80. The van der Waals surface area contributed by atoms with Gasteiger partial charge in [-0.1, -0.05) is 0 Å². The molecule has 0 spiro atoms. The summed E-state index contributed by atoms with van der Waals surface area (Å²) < 4.78 is 10.6. The highest BCUT2D eigenvalue weighted by Crippen LogP contribution is 2.35. The second-order valence-electron chi connectivity index (χ2n) is 5.28. The maximum Gasteiger partial charge on any atom is 0.256 e. The lowest BCUT2D eigenvalue weighted by atomic mass is 9.95. The van der Waals surface area contributed by atoms with Crippen molar-refractivity contribution in [2.75, 3.05) is 12.1 Å². The van der Waals surface area contributed by atoms with Crippen LogP contribution in [0.3, 0.4) is 0 Å². The number of aryl methyl sites for hydroxylation is 1. The predicted molar refractivity (Wildman–Crippen MR) is 81.5 cm³/mol. The zero-order valence-corrected chi connectivity index (χ0v) is 12.3. The largest absolute Gasteiger partial charge is 0.454 e. The van der Waals surface area contributed by atoms with Crippen molar-refractivity contribution in [3.05, 3.63) is 39.6 Å². The molecule has 1 aromatic carbocycles. The van der Waals surface area contributed by atoms with E-state index < -0.39 is 0 Å². The Morgan fingerprint density at radius 3 is 2.95 bits per heavy atom. The molecule has 0 radical (unpaired) electrons. The summed E-state index contributed by atoms with van der Waals surface area (Å²) in [4.78, 5) is 13.8. The zero-order valence-electron chi connectivity index (χ0n) is 11.5. The van der Waals surface area contributed by atoms with Crippen molar-refractivity contribution in [1.29, 1.82) is 0 Å². The highest BCUT2D eigenvalue weighted by molar-refractivity contribution is 7.10. The molecule has 0 saturated carbocycles. The summed E-state index contributed by atoms with van der Waals surface area (Å²) >= 11 is 1.71. The van der Waals surface area contributed by atoms with Crippen molar-refractivity contribution in [3.63, 3.8) is 0 Å². The van der Waals surface area contributed by atoms with Gasteiger partial charge in [0.05, 0.1) is 5.56 Å². The molecule has 4 rings (SSSR count). The highest BCUT2D eigenvalue weighted by Gasteiger charge is 2.21. The van der Waals surface area contributed by atoms with Gasteiger partial charge in [0, 0.05) is 22.0 Å². The first-order valence-corrected chi connectivity index (χ1v) is 7.99. The Balaban J connectivity index is 1.57. The summed E-state index contributed by atoms with van der Waals surface area (Å²) in [6, 6.07) is 5.46. The molecular formula is C16H15NO3S. The number of carbonyl (C=O) groups excluding carboxylic acids is 1. The molecule has 0 fully saturated rings. The normalized spacial score (nSPS) is 15.6. The van der Waals surface area contributed by atoms with Crippen LogP contribution in [0.4, 0.5) is 5.69 Å². The molecule has 2 heterocycles. The van der Waals surface area contributed by atoms with E-state index in [0.29, 0.717) is 5.75 Å². The fraction of sp³-hybridized carbons (Fsp3) is 0.312. The van der Waals surface area contributed by atoms with Crippen LogP contribution in [-0.4, -0.2) is 12.7 Å². The number of nitrogens with one attached hydrogen (secondary N) is 1. The van der Waals surface area contributed by atoms with Gasteiger partial charge >= 0.3 is 0 Å². The summed E-state index contributed by atoms with van der Waals surface area (Å²) in [6.45, 7) is 0.241. The van der Waals surface area contributed by atoms with Gasteiger partial charge in [-0.2, -0.15) is 0 Å². The van der Waals surface area contributed by atoms with E-state index in [1.54, 1.807) is 17.4 Å². The fourth-order valence-corrected chi connectivity index (χ4v) is 3.98. The molecular weight excluding hydrogens is 286 g/mol. The average Bonchev–Trinajstić information content (AvgIpc) is 3.13. The van der Waals surface area contributed by atoms with Crippen molar-refractivity contribution < 1.29 is 14.3 Å². The third-order valence-electron chi connectivity index (χ3n) is 3.94. The number of thiophene rings is 1. The summed E-state index contributed by atoms with van der Waals surface area (Å²) in [7, 11) is 0. The van der Waals surface area contributed by atoms with Crippen molar-refractivity contribution >= 4 is 22.9 Å². The topological polar surface area (TPSA) is 47.6 Å². The monoisotopic (exact) mass is 301 g/mol. The summed E-state index contributed by atoms with van der Waals surface area (Å²) in [5.74, 6) is 1.37. The van der Waals surface area contributed by atoms with Gasteiger partial charge < -0.3 is 14.8 Å². The second kappa shape index (κ2) is 5.07. The number of fused-ring (bicyclic) bond motifs is 2. The Morgan fingerprint density at radius 1 is 1.14 bits per heavy atom. The van der Waals surface area contributed by atoms with E-state index in [-0.39, 0.29) is 12.7 Å². The maximum atomic E-state index is 12.5. The molecule has 0 bridgehead atoms. The van der Waals surface area contributed by atoms with Crippen LogP contribution in [0, 0.1) is 0 Å². The first kappa shape index (κ1) is 12.7. The number of ether oxygens (including phenoxy) is 2. The van der Waals surface area contributed by atoms with Crippen LogP contribution in [0.2, 0.25) is 0 Å². The Hall–Kier alpha value is -2.01. The molecule has 108 valence electrons. The van der Waals surface area contributed by atoms with Gasteiger partial charge in [-0.3, -0.25) is 4.79 Å². The van der Waals surface area contributed by atoms with E-state index in [1.165, 1.54) is 23.3 Å². The molecule has 2 aromatic rings. The van der Waals surface area contributed by atoms with Gasteiger partial charge in [-0.25, -0.2) is 0 Å². The number of anilines is 1. The van der Waals surface area contributed by atoms with Crippen LogP contribution in [0.15, 0.2) is 23.6 Å². The summed E-state index contributed by atoms with van der Waals surface area (Å²) in [5, 5.41) is 4.94. The molecule has 1 aliphatic carbocycles. The van der Waals surface area contributed by atoms with Crippen LogP contribution in [0.25, 0.3) is 0 Å². The van der Waals surface area contributed by atoms with E-state index in [9.17, 15) is 4.79 Å². The van der Waals surface area contributed by atoms with Crippen molar-refractivity contribution in [2.24, 2.45) is 0 Å². The minimum absolute atomic E-state index is 0.0340. The predicted octanol–water partition coefficient (Wildman–Crippen LogP) is 3.61. The van der Waals surface area contributed by atoms with E-state index in [1.807, 2.05) is 17.5 Å². The lowest BCUT2D eigenvalue weighted by Crippen LogP contribution is -2.14. The molecule has 21 heavy (non-hydrogen) atoms. The van der Waals surface area contributed by atoms with Gasteiger partial charge in [0.15, 0.2) is 11.5 Å². The van der Waals surface area contributed by atoms with Crippen LogP contribution >= 0.6 is 11.3 Å². The molecule has 0 saturated heterocycles. The Labute approximate surface area is 126 Å². The van der Waals surface area contributed by atoms with Crippen LogP contribution in [-0.2, 0) is 12.8 Å². The molecule has 1 aliphatic heterocycles. The SMILES string of the molecule is O=C(Nc1ccc2c(c1)OCO2)c1csc2c1CCCC2. The molecule has 5 heteroatoms. The minimum atomic E-state index is -0.0340. The van der Waals surface area contributed by atoms with Gasteiger partial charge in [0.1, 0.15) is 0 Å². The standard InChI is InChI=1S/C16H15NO3S/c18-16(12-8-21-15-4-2-1-3-11(12)15)17-10-5-6-13-14(7-10)20-9-19-13/h5-8H,1-4,9H2,(H,17,18). The molecule has 1 N–H and O–H groups in total. The molecule has 1 amide bonds. The average molecular weight is 301 g/mol. The van der Waals surface area contributed by atoms with Gasteiger partial charge in [-0.05, 0) is 43.4 Å². The zero-order chi connectivity index (χ0) is 14.2. The number of hydrogen-bond donors (Lipinski definition) is 1. The van der Waals surface area contributed by atoms with Crippen LogP contribution in [0.1, 0.15) is 33.6 Å². The smallest absolute Gasteiger partial charge is 0.256 e. The van der Waals surface area contributed by atoms with Crippen LogP contribution < -0.4 is 14.8 Å². The highest BCUT2D eigenvalue weighted by atomic mass is 32.1. The molecule has 2 aliphatic rings. The fourth-order valence-electron chi connectivity index (χ4n) is 2.86. The Kier molecular flexibility index (Phi) is 3.07. The first-order chi connectivity index (χ1) is 10.3. The van der Waals surface area contributed by atoms with E-state index in [0.717, 1.165) is 29.8 Å². The van der Waals surface area contributed by atoms with Crippen molar-refractivity contribution in [3.8, 4) is 11.5 Å². The Morgan fingerprint density at radius 2 is 2.00 bits per heavy atom. The second-order valence-corrected chi connectivity index (χ2v) is 6.24. The third-order valence-corrected chi connectivity index (χ3v) is 5.03. The number of amides is 1. The lowest BCUT2D eigenvalue weighted by Gasteiger charge is -2.12. The van der Waals surface area contributed by atoms with Gasteiger partial charge in [-0.15, -0.1) is 11.3 Å². The molecule has 0 atom stereocenters. The number of rotatable bonds is 2. The number of benzene rings is 1. The minimum Gasteiger partial charge on any atom is -0.454 e. The quantitative estimate of drug-likeness (QED) is 0.922. The number of carbonyl (C=O) groups is 1. The maximum absolute atomic E-state index is 12.5. The third kappa shape index (κ3) is 2.27. The van der Waals surface area contributed by atoms with E-state index >= 15 is 0 Å². The Bertz CT molecular complexity index is 708. The first-order valence-electron chi connectivity index (χ1n) is 7.11. The summed E-state index contributed by atoms with van der Waals surface area (Å²) in [6.07, 6.45) is 4.53. The molecule has 1 aromatic heterocycles. The van der Waals surface area contributed by atoms with Crippen molar-refractivity contribution in [2.45, 2.75) is 25.7 Å². The number of hydrogen-bond acceptors (Lipinski definition) is 4. The molecule has 4 nitrogen and oxygen atoms in total. The lowest BCUT2D eigenvalue weighted by molar-refractivity contribution is 0.102.